The van der Waals surface area contributed by atoms with Crippen molar-refractivity contribution in [1.82, 2.24) is 0 Å². The lowest BCUT2D eigenvalue weighted by atomic mass is 9.73. The van der Waals surface area contributed by atoms with Crippen LogP contribution >= 0.6 is 0 Å². The molecule has 0 bridgehead atoms. The Bertz CT molecular complexity index is 1390. The number of hydrogen-bond acceptors (Lipinski definition) is 1. The third-order valence-corrected chi connectivity index (χ3v) is 9.04. The van der Waals surface area contributed by atoms with Gasteiger partial charge in [0.2, 0.25) is 0 Å². The van der Waals surface area contributed by atoms with Crippen molar-refractivity contribution in [2.75, 3.05) is 0 Å². The number of fused-ring (bicyclic) bond motifs is 1. The number of hydrogen-bond donors (Lipinski definition) is 0. The predicted molar refractivity (Wildman–Crippen MR) is 146 cm³/mol. The molecule has 1 nitrogen and oxygen atoms in total. The normalized spacial score (nSPS) is 20.7. The van der Waals surface area contributed by atoms with Crippen molar-refractivity contribution in [1.29, 1.82) is 5.26 Å². The summed E-state index contributed by atoms with van der Waals surface area (Å²) in [5, 5.41) is 9.01. The van der Waals surface area contributed by atoms with E-state index in [-0.39, 0.29) is 59.3 Å². The van der Waals surface area contributed by atoms with Gasteiger partial charge in [0.05, 0.1) is 11.6 Å². The van der Waals surface area contributed by atoms with E-state index in [0.717, 1.165) is 24.8 Å². The molecule has 6 heteroatoms. The van der Waals surface area contributed by atoms with Gasteiger partial charge in [-0.1, -0.05) is 25.5 Å². The first-order valence-electron chi connectivity index (χ1n) is 14.5. The Hall–Kier alpha value is -3.20. The molecule has 1 unspecified atom stereocenters. The van der Waals surface area contributed by atoms with Crippen molar-refractivity contribution in [3.63, 3.8) is 0 Å². The zero-order valence-electron chi connectivity index (χ0n) is 22.8. The number of halogens is 5. The van der Waals surface area contributed by atoms with Gasteiger partial charge in [0.15, 0.2) is 11.6 Å². The highest BCUT2D eigenvalue weighted by Gasteiger charge is 2.34. The number of aryl methyl sites for hydroxylation is 1. The van der Waals surface area contributed by atoms with E-state index < -0.39 is 29.1 Å². The Morgan fingerprint density at radius 1 is 0.775 bits per heavy atom. The SMILES string of the molecule is CCCc1cc(F)c(CCC2CCc3c(F)c(C4CCC(c5ccc(C#N)cc5)CC4)c(F)c(F)c3C2)c(F)c1. The maximum Gasteiger partial charge on any atom is 0.165 e. The average molecular weight is 552 g/mol. The fourth-order valence-corrected chi connectivity index (χ4v) is 6.81. The monoisotopic (exact) mass is 551 g/mol. The Morgan fingerprint density at radius 3 is 2.05 bits per heavy atom. The van der Waals surface area contributed by atoms with E-state index in [1.54, 1.807) is 12.1 Å². The Labute approximate surface area is 233 Å². The van der Waals surface area contributed by atoms with Crippen LogP contribution in [0.2, 0.25) is 0 Å². The van der Waals surface area contributed by atoms with Crippen LogP contribution in [0.5, 0.6) is 0 Å². The van der Waals surface area contributed by atoms with Crippen molar-refractivity contribution in [3.8, 4) is 6.07 Å². The van der Waals surface area contributed by atoms with Crippen molar-refractivity contribution < 1.29 is 22.0 Å². The van der Waals surface area contributed by atoms with E-state index in [1.807, 2.05) is 19.1 Å². The van der Waals surface area contributed by atoms with E-state index in [2.05, 4.69) is 6.07 Å². The second kappa shape index (κ2) is 12.1. The summed E-state index contributed by atoms with van der Waals surface area (Å²) < 4.78 is 75.6. The van der Waals surface area contributed by atoms with Crippen LogP contribution in [0.25, 0.3) is 0 Å². The second-order valence-corrected chi connectivity index (χ2v) is 11.5. The van der Waals surface area contributed by atoms with Gasteiger partial charge in [0.25, 0.3) is 0 Å². The summed E-state index contributed by atoms with van der Waals surface area (Å²) in [6, 6.07) is 12.3. The Balaban J connectivity index is 1.27. The van der Waals surface area contributed by atoms with E-state index in [9.17, 15) is 8.78 Å². The van der Waals surface area contributed by atoms with Crippen LogP contribution in [0.3, 0.4) is 0 Å². The Morgan fingerprint density at radius 2 is 1.43 bits per heavy atom. The number of benzene rings is 3. The molecule has 0 aliphatic heterocycles. The van der Waals surface area contributed by atoms with Crippen molar-refractivity contribution in [3.05, 3.63) is 104 Å². The highest BCUT2D eigenvalue weighted by molar-refractivity contribution is 5.41. The van der Waals surface area contributed by atoms with Gasteiger partial charge in [-0.15, -0.1) is 0 Å². The van der Waals surface area contributed by atoms with E-state index in [1.165, 1.54) is 12.1 Å². The summed E-state index contributed by atoms with van der Waals surface area (Å²) in [5.74, 6) is -4.04. The molecule has 0 N–H and O–H groups in total. The van der Waals surface area contributed by atoms with Crippen molar-refractivity contribution in [2.24, 2.45) is 5.92 Å². The largest absolute Gasteiger partial charge is 0.207 e. The molecular formula is C34H34F5N. The predicted octanol–water partition coefficient (Wildman–Crippen LogP) is 9.39. The zero-order chi connectivity index (χ0) is 28.4. The van der Waals surface area contributed by atoms with Gasteiger partial charge in [-0.05, 0) is 128 Å². The first-order valence-corrected chi connectivity index (χ1v) is 14.5. The lowest BCUT2D eigenvalue weighted by Gasteiger charge is -2.32. The summed E-state index contributed by atoms with van der Waals surface area (Å²) in [5.41, 5.74) is 2.58. The van der Waals surface area contributed by atoms with Crippen LogP contribution in [0.1, 0.15) is 103 Å². The molecule has 0 spiro atoms. The van der Waals surface area contributed by atoms with Crippen LogP contribution < -0.4 is 0 Å². The molecule has 1 saturated carbocycles. The standard InChI is InChI=1S/C34H34F5N/c1-2-3-22-17-29(35)27(30(36)18-22)15-7-20-6-14-26-28(16-20)33(38)34(39)31(32(26)37)25-12-10-24(11-13-25)23-8-4-21(19-40)5-9-23/h4-5,8-9,17-18,20,24-25H,2-3,6-7,10-16H2,1H3. The molecule has 0 heterocycles. The van der Waals surface area contributed by atoms with Gasteiger partial charge in [-0.25, -0.2) is 22.0 Å². The minimum Gasteiger partial charge on any atom is -0.207 e. The number of rotatable bonds is 7. The average Bonchev–Trinajstić information content (AvgIpc) is 2.96. The molecule has 3 aromatic rings. The maximum atomic E-state index is 15.7. The first kappa shape index (κ1) is 28.3. The lowest BCUT2D eigenvalue weighted by Crippen LogP contribution is -2.23. The third kappa shape index (κ3) is 5.66. The van der Waals surface area contributed by atoms with Gasteiger partial charge < -0.3 is 0 Å². The van der Waals surface area contributed by atoms with E-state index in [0.29, 0.717) is 43.2 Å². The van der Waals surface area contributed by atoms with Gasteiger partial charge >= 0.3 is 0 Å². The van der Waals surface area contributed by atoms with Crippen molar-refractivity contribution in [2.45, 2.75) is 89.4 Å². The molecule has 210 valence electrons. The molecule has 1 atom stereocenters. The molecule has 1 fully saturated rings. The number of nitrogens with zero attached hydrogens (tertiary/aromatic N) is 1. The van der Waals surface area contributed by atoms with Gasteiger partial charge in [0.1, 0.15) is 17.5 Å². The third-order valence-electron chi connectivity index (χ3n) is 9.04. The molecule has 40 heavy (non-hydrogen) atoms. The zero-order valence-corrected chi connectivity index (χ0v) is 22.8. The molecule has 2 aliphatic carbocycles. The first-order chi connectivity index (χ1) is 19.3. The van der Waals surface area contributed by atoms with Crippen LogP contribution in [-0.4, -0.2) is 0 Å². The topological polar surface area (TPSA) is 23.8 Å². The molecule has 0 radical (unpaired) electrons. The summed E-state index contributed by atoms with van der Waals surface area (Å²) >= 11 is 0. The van der Waals surface area contributed by atoms with Crippen LogP contribution in [0.15, 0.2) is 36.4 Å². The highest BCUT2D eigenvalue weighted by atomic mass is 19.2. The second-order valence-electron chi connectivity index (χ2n) is 11.5. The molecule has 0 amide bonds. The van der Waals surface area contributed by atoms with Gasteiger partial charge in [0, 0.05) is 11.1 Å². The summed E-state index contributed by atoms with van der Waals surface area (Å²) in [4.78, 5) is 0. The minimum absolute atomic E-state index is 0.0236. The van der Waals surface area contributed by atoms with Crippen molar-refractivity contribution >= 4 is 0 Å². The quantitative estimate of drug-likeness (QED) is 0.212. The van der Waals surface area contributed by atoms with Gasteiger partial charge in [-0.2, -0.15) is 5.26 Å². The summed E-state index contributed by atoms with van der Waals surface area (Å²) in [7, 11) is 0. The molecule has 2 aliphatic rings. The highest BCUT2D eigenvalue weighted by Crippen LogP contribution is 2.45. The minimum atomic E-state index is -1.08. The van der Waals surface area contributed by atoms with Crippen LogP contribution in [-0.2, 0) is 25.7 Å². The fraction of sp³-hybridized carbons (Fsp3) is 0.441. The van der Waals surface area contributed by atoms with Gasteiger partial charge in [-0.3, -0.25) is 0 Å². The number of nitriles is 1. The maximum absolute atomic E-state index is 15.7. The Kier molecular flexibility index (Phi) is 8.59. The fourth-order valence-electron chi connectivity index (χ4n) is 6.81. The lowest BCUT2D eigenvalue weighted by molar-refractivity contribution is 0.353. The van der Waals surface area contributed by atoms with Crippen LogP contribution in [0, 0.1) is 46.3 Å². The van der Waals surface area contributed by atoms with E-state index in [4.69, 9.17) is 5.26 Å². The molecule has 3 aromatic carbocycles. The molecule has 0 aromatic heterocycles. The summed E-state index contributed by atoms with van der Waals surface area (Å²) in [6.45, 7) is 1.95. The summed E-state index contributed by atoms with van der Waals surface area (Å²) in [6.07, 6.45) is 5.60. The molecule has 0 saturated heterocycles. The van der Waals surface area contributed by atoms with Crippen LogP contribution in [0.4, 0.5) is 22.0 Å². The van der Waals surface area contributed by atoms with E-state index >= 15 is 13.2 Å². The smallest absolute Gasteiger partial charge is 0.165 e. The molecular weight excluding hydrogens is 517 g/mol. The molecule has 5 rings (SSSR count).